The number of rotatable bonds is 5. The zero-order valence-corrected chi connectivity index (χ0v) is 9.98. The molecule has 1 saturated carbocycles. The highest BCUT2D eigenvalue weighted by Gasteiger charge is 2.20. The van der Waals surface area contributed by atoms with Gasteiger partial charge in [-0.1, -0.05) is 18.6 Å². The van der Waals surface area contributed by atoms with Gasteiger partial charge in [-0.25, -0.2) is 0 Å². The van der Waals surface area contributed by atoms with Crippen LogP contribution in [0.25, 0.3) is 0 Å². The summed E-state index contributed by atoms with van der Waals surface area (Å²) < 4.78 is 0. The molecule has 3 nitrogen and oxygen atoms in total. The second kappa shape index (κ2) is 5.71. The van der Waals surface area contributed by atoms with Gasteiger partial charge in [0.05, 0.1) is 0 Å². The van der Waals surface area contributed by atoms with Crippen molar-refractivity contribution >= 4 is 5.91 Å². The Bertz CT molecular complexity index is 386. The molecule has 0 aromatic heterocycles. The third-order valence-electron chi connectivity index (χ3n) is 3.35. The minimum atomic E-state index is 0.162. The van der Waals surface area contributed by atoms with Gasteiger partial charge in [0.2, 0.25) is 5.91 Å². The Morgan fingerprint density at radius 3 is 2.88 bits per heavy atom. The van der Waals surface area contributed by atoms with Gasteiger partial charge in [-0.2, -0.15) is 0 Å². The van der Waals surface area contributed by atoms with Crippen molar-refractivity contribution in [3.05, 3.63) is 29.8 Å². The molecular weight excluding hydrogens is 214 g/mol. The number of carbonyl (C=O) groups excluding carboxylic acids is 1. The minimum Gasteiger partial charge on any atom is -0.508 e. The molecule has 0 bridgehead atoms. The van der Waals surface area contributed by atoms with E-state index in [1.165, 1.54) is 19.3 Å². The number of amides is 1. The lowest BCUT2D eigenvalue weighted by atomic mass is 9.83. The fourth-order valence-electron chi connectivity index (χ4n) is 2.09. The van der Waals surface area contributed by atoms with E-state index >= 15 is 0 Å². The number of phenols is 1. The minimum absolute atomic E-state index is 0.162. The van der Waals surface area contributed by atoms with Gasteiger partial charge >= 0.3 is 0 Å². The van der Waals surface area contributed by atoms with Gasteiger partial charge in [0.25, 0.3) is 0 Å². The first-order valence-corrected chi connectivity index (χ1v) is 6.28. The molecule has 0 saturated heterocycles. The lowest BCUT2D eigenvalue weighted by Crippen LogP contribution is -2.29. The molecule has 2 N–H and O–H groups in total. The molecule has 0 spiro atoms. The summed E-state index contributed by atoms with van der Waals surface area (Å²) in [5.74, 6) is 1.06. The Morgan fingerprint density at radius 1 is 1.41 bits per heavy atom. The summed E-state index contributed by atoms with van der Waals surface area (Å²) in [6.45, 7) is 0.648. The number of phenolic OH excluding ortho intramolecular Hbond substituents is 1. The Kier molecular flexibility index (Phi) is 4.02. The first-order chi connectivity index (χ1) is 8.24. The fourth-order valence-corrected chi connectivity index (χ4v) is 2.09. The highest BCUT2D eigenvalue weighted by molar-refractivity contribution is 5.76. The first-order valence-electron chi connectivity index (χ1n) is 6.28. The standard InChI is InChI=1S/C14H19NO2/c16-13-6-2-5-12(9-13)7-8-15-14(17)10-11-3-1-4-11/h2,5-6,9,11,16H,1,3-4,7-8,10H2,(H,15,17). The van der Waals surface area contributed by atoms with E-state index in [0.717, 1.165) is 12.0 Å². The smallest absolute Gasteiger partial charge is 0.220 e. The van der Waals surface area contributed by atoms with Crippen LogP contribution < -0.4 is 5.32 Å². The summed E-state index contributed by atoms with van der Waals surface area (Å²) in [5, 5.41) is 12.2. The highest BCUT2D eigenvalue weighted by atomic mass is 16.3. The van der Waals surface area contributed by atoms with E-state index in [0.29, 0.717) is 18.9 Å². The van der Waals surface area contributed by atoms with Crippen LogP contribution in [0.4, 0.5) is 0 Å². The molecule has 0 unspecified atom stereocenters. The van der Waals surface area contributed by atoms with Crippen LogP contribution in [-0.2, 0) is 11.2 Å². The molecular formula is C14H19NO2. The predicted octanol–water partition coefficient (Wildman–Crippen LogP) is 2.24. The van der Waals surface area contributed by atoms with E-state index in [4.69, 9.17) is 0 Å². The first kappa shape index (κ1) is 12.0. The van der Waals surface area contributed by atoms with Crippen LogP contribution >= 0.6 is 0 Å². The van der Waals surface area contributed by atoms with Crippen molar-refractivity contribution in [3.63, 3.8) is 0 Å². The quantitative estimate of drug-likeness (QED) is 0.819. The molecule has 1 amide bonds. The summed E-state index contributed by atoms with van der Waals surface area (Å²) in [6, 6.07) is 7.16. The maximum Gasteiger partial charge on any atom is 0.220 e. The molecule has 0 aliphatic heterocycles. The van der Waals surface area contributed by atoms with E-state index in [9.17, 15) is 9.90 Å². The third kappa shape index (κ3) is 3.77. The average molecular weight is 233 g/mol. The van der Waals surface area contributed by atoms with Crippen LogP contribution in [0.5, 0.6) is 5.75 Å². The van der Waals surface area contributed by atoms with Gasteiger partial charge in [-0.05, 0) is 42.9 Å². The van der Waals surface area contributed by atoms with Crippen LogP contribution in [0.15, 0.2) is 24.3 Å². The van der Waals surface area contributed by atoms with Crippen molar-refractivity contribution in [2.75, 3.05) is 6.54 Å². The fraction of sp³-hybridized carbons (Fsp3) is 0.500. The van der Waals surface area contributed by atoms with Gasteiger partial charge < -0.3 is 10.4 Å². The van der Waals surface area contributed by atoms with Crippen LogP contribution in [0.1, 0.15) is 31.2 Å². The molecule has 17 heavy (non-hydrogen) atoms. The van der Waals surface area contributed by atoms with Gasteiger partial charge in [-0.15, -0.1) is 0 Å². The van der Waals surface area contributed by atoms with E-state index in [1.807, 2.05) is 12.1 Å². The van der Waals surface area contributed by atoms with E-state index in [-0.39, 0.29) is 11.7 Å². The van der Waals surface area contributed by atoms with Crippen molar-refractivity contribution < 1.29 is 9.90 Å². The summed E-state index contributed by atoms with van der Waals surface area (Å²) in [6.07, 6.45) is 5.14. The van der Waals surface area contributed by atoms with Crippen molar-refractivity contribution in [1.82, 2.24) is 5.32 Å². The third-order valence-corrected chi connectivity index (χ3v) is 3.35. The molecule has 1 aromatic carbocycles. The summed E-state index contributed by atoms with van der Waals surface area (Å²) in [4.78, 5) is 11.5. The van der Waals surface area contributed by atoms with Gasteiger partial charge in [0.1, 0.15) is 5.75 Å². The van der Waals surface area contributed by atoms with E-state index in [2.05, 4.69) is 5.32 Å². The van der Waals surface area contributed by atoms with Crippen LogP contribution in [0.3, 0.4) is 0 Å². The monoisotopic (exact) mass is 233 g/mol. The number of aromatic hydroxyl groups is 1. The molecule has 0 radical (unpaired) electrons. The van der Waals surface area contributed by atoms with Crippen LogP contribution in [-0.4, -0.2) is 17.6 Å². The zero-order valence-electron chi connectivity index (χ0n) is 9.98. The Balaban J connectivity index is 1.66. The molecule has 1 aromatic rings. The normalized spacial score (nSPS) is 15.3. The Morgan fingerprint density at radius 2 is 2.24 bits per heavy atom. The summed E-state index contributed by atoms with van der Waals surface area (Å²) >= 11 is 0. The SMILES string of the molecule is O=C(CC1CCC1)NCCc1cccc(O)c1. The topological polar surface area (TPSA) is 49.3 Å². The molecule has 1 fully saturated rings. The number of carbonyl (C=O) groups is 1. The molecule has 1 aliphatic rings. The number of benzene rings is 1. The van der Waals surface area contributed by atoms with E-state index in [1.54, 1.807) is 12.1 Å². The lowest BCUT2D eigenvalue weighted by Gasteiger charge is -2.24. The Hall–Kier alpha value is -1.51. The average Bonchev–Trinajstić information content (AvgIpc) is 2.24. The lowest BCUT2D eigenvalue weighted by molar-refractivity contribution is -0.122. The maximum atomic E-state index is 11.5. The van der Waals surface area contributed by atoms with Crippen molar-refractivity contribution in [2.45, 2.75) is 32.1 Å². The van der Waals surface area contributed by atoms with Crippen molar-refractivity contribution in [2.24, 2.45) is 5.92 Å². The molecule has 0 heterocycles. The number of nitrogens with one attached hydrogen (secondary N) is 1. The summed E-state index contributed by atoms with van der Waals surface area (Å²) in [7, 11) is 0. The predicted molar refractivity (Wildman–Crippen MR) is 66.8 cm³/mol. The van der Waals surface area contributed by atoms with Gasteiger partial charge in [-0.3, -0.25) is 4.79 Å². The van der Waals surface area contributed by atoms with Crippen LogP contribution in [0, 0.1) is 5.92 Å². The largest absolute Gasteiger partial charge is 0.508 e. The highest BCUT2D eigenvalue weighted by Crippen LogP contribution is 2.28. The van der Waals surface area contributed by atoms with Gasteiger partial charge in [0, 0.05) is 13.0 Å². The maximum absolute atomic E-state index is 11.5. The van der Waals surface area contributed by atoms with Crippen molar-refractivity contribution in [1.29, 1.82) is 0 Å². The van der Waals surface area contributed by atoms with Crippen LogP contribution in [0.2, 0.25) is 0 Å². The second-order valence-electron chi connectivity index (χ2n) is 4.77. The molecule has 1 aliphatic carbocycles. The molecule has 0 atom stereocenters. The molecule has 92 valence electrons. The second-order valence-corrected chi connectivity index (χ2v) is 4.77. The van der Waals surface area contributed by atoms with E-state index < -0.39 is 0 Å². The molecule has 3 heteroatoms. The molecule has 2 rings (SSSR count). The zero-order chi connectivity index (χ0) is 12.1. The Labute approximate surface area is 102 Å². The number of hydrogen-bond acceptors (Lipinski definition) is 2. The van der Waals surface area contributed by atoms with Crippen molar-refractivity contribution in [3.8, 4) is 5.75 Å². The number of hydrogen-bond donors (Lipinski definition) is 2. The van der Waals surface area contributed by atoms with Gasteiger partial charge in [0.15, 0.2) is 0 Å². The summed E-state index contributed by atoms with van der Waals surface area (Å²) in [5.41, 5.74) is 1.05.